The van der Waals surface area contributed by atoms with Gasteiger partial charge in [0.15, 0.2) is 0 Å². The normalized spacial score (nSPS) is 10.1. The molecule has 2 aromatic rings. The summed E-state index contributed by atoms with van der Waals surface area (Å²) in [7, 11) is 0. The van der Waals surface area contributed by atoms with Crippen LogP contribution in [0.25, 0.3) is 0 Å². The first-order valence-corrected chi connectivity index (χ1v) is 9.34. The Labute approximate surface area is 166 Å². The summed E-state index contributed by atoms with van der Waals surface area (Å²) in [6.07, 6.45) is 1.67. The molecule has 0 spiro atoms. The third-order valence-electron chi connectivity index (χ3n) is 4.10. The van der Waals surface area contributed by atoms with Crippen LogP contribution in [0.1, 0.15) is 24.2 Å². The average molecular weight is 381 g/mol. The second-order valence-electron chi connectivity index (χ2n) is 6.09. The van der Waals surface area contributed by atoms with Crippen LogP contribution in [0.15, 0.2) is 61.2 Å². The van der Waals surface area contributed by atoms with Crippen molar-refractivity contribution >= 4 is 23.2 Å². The number of nitrogens with zero attached hydrogens (tertiary/aromatic N) is 1. The second-order valence-corrected chi connectivity index (χ2v) is 6.09. The van der Waals surface area contributed by atoms with Crippen molar-refractivity contribution < 1.29 is 14.3 Å². The fourth-order valence-electron chi connectivity index (χ4n) is 2.66. The molecule has 0 radical (unpaired) electrons. The highest BCUT2D eigenvalue weighted by Gasteiger charge is 2.13. The number of nitrogens with one attached hydrogen (secondary N) is 2. The van der Waals surface area contributed by atoms with Crippen molar-refractivity contribution in [2.24, 2.45) is 0 Å². The van der Waals surface area contributed by atoms with Crippen molar-refractivity contribution in [1.29, 1.82) is 0 Å². The van der Waals surface area contributed by atoms with Gasteiger partial charge in [-0.3, -0.25) is 9.59 Å². The van der Waals surface area contributed by atoms with E-state index >= 15 is 0 Å². The van der Waals surface area contributed by atoms with Crippen molar-refractivity contribution in [2.45, 2.75) is 13.8 Å². The lowest BCUT2D eigenvalue weighted by Crippen LogP contribution is -2.30. The Morgan fingerprint density at radius 1 is 1.07 bits per heavy atom. The highest BCUT2D eigenvalue weighted by Crippen LogP contribution is 2.17. The highest BCUT2D eigenvalue weighted by atomic mass is 16.5. The van der Waals surface area contributed by atoms with Crippen LogP contribution < -0.4 is 15.4 Å². The molecule has 2 N–H and O–H groups in total. The summed E-state index contributed by atoms with van der Waals surface area (Å²) in [6, 6.07) is 14.3. The molecule has 6 heteroatoms. The molecule has 0 aliphatic rings. The molecule has 0 heterocycles. The minimum absolute atomic E-state index is 0.0458. The first-order valence-electron chi connectivity index (χ1n) is 9.34. The first kappa shape index (κ1) is 21.0. The predicted octanol–water partition coefficient (Wildman–Crippen LogP) is 3.78. The van der Waals surface area contributed by atoms with E-state index in [1.54, 1.807) is 35.2 Å². The van der Waals surface area contributed by atoms with E-state index in [-0.39, 0.29) is 18.4 Å². The van der Waals surface area contributed by atoms with Crippen molar-refractivity contribution in [3.63, 3.8) is 0 Å². The van der Waals surface area contributed by atoms with Crippen LogP contribution in [-0.4, -0.2) is 43.0 Å². The Hall–Kier alpha value is -3.28. The number of rotatable bonds is 10. The van der Waals surface area contributed by atoms with E-state index < -0.39 is 0 Å². The predicted molar refractivity (Wildman–Crippen MR) is 113 cm³/mol. The second kappa shape index (κ2) is 10.8. The van der Waals surface area contributed by atoms with E-state index in [0.717, 1.165) is 5.69 Å². The van der Waals surface area contributed by atoms with E-state index in [9.17, 15) is 9.59 Å². The van der Waals surface area contributed by atoms with Crippen LogP contribution in [0.2, 0.25) is 0 Å². The van der Waals surface area contributed by atoms with Crippen molar-refractivity contribution in [3.05, 3.63) is 66.7 Å². The zero-order chi connectivity index (χ0) is 20.4. The number of hydrogen-bond acceptors (Lipinski definition) is 4. The van der Waals surface area contributed by atoms with E-state index in [1.807, 2.05) is 38.1 Å². The molecule has 2 amide bonds. The lowest BCUT2D eigenvalue weighted by molar-refractivity contribution is -0.114. The fraction of sp³-hybridized carbons (Fsp3) is 0.273. The third kappa shape index (κ3) is 6.16. The van der Waals surface area contributed by atoms with Gasteiger partial charge in [-0.25, -0.2) is 0 Å². The van der Waals surface area contributed by atoms with Gasteiger partial charge >= 0.3 is 0 Å². The third-order valence-corrected chi connectivity index (χ3v) is 4.10. The van der Waals surface area contributed by atoms with Crippen LogP contribution in [0.4, 0.5) is 11.4 Å². The molecule has 0 atom stereocenters. The van der Waals surface area contributed by atoms with Crippen molar-refractivity contribution in [2.75, 3.05) is 36.9 Å². The van der Waals surface area contributed by atoms with Crippen LogP contribution >= 0.6 is 0 Å². The maximum Gasteiger partial charge on any atom is 0.253 e. The molecule has 0 saturated heterocycles. The van der Waals surface area contributed by atoms with E-state index in [2.05, 4.69) is 17.2 Å². The van der Waals surface area contributed by atoms with Gasteiger partial charge in [0.25, 0.3) is 5.91 Å². The summed E-state index contributed by atoms with van der Waals surface area (Å²) >= 11 is 0. The molecule has 2 rings (SSSR count). The van der Waals surface area contributed by atoms with Crippen molar-refractivity contribution in [3.8, 4) is 5.75 Å². The number of ether oxygens (including phenoxy) is 1. The van der Waals surface area contributed by atoms with E-state index in [0.29, 0.717) is 36.7 Å². The molecule has 148 valence electrons. The lowest BCUT2D eigenvalue weighted by Gasteiger charge is -2.19. The molecule has 0 aliphatic carbocycles. The zero-order valence-electron chi connectivity index (χ0n) is 16.4. The van der Waals surface area contributed by atoms with Crippen LogP contribution in [0, 0.1) is 0 Å². The van der Waals surface area contributed by atoms with E-state index in [1.165, 1.54) is 0 Å². The Morgan fingerprint density at radius 3 is 2.50 bits per heavy atom. The molecule has 0 saturated carbocycles. The van der Waals surface area contributed by atoms with Crippen LogP contribution in [0.5, 0.6) is 5.75 Å². The summed E-state index contributed by atoms with van der Waals surface area (Å²) in [5, 5.41) is 5.88. The monoisotopic (exact) mass is 381 g/mol. The van der Waals surface area contributed by atoms with Gasteiger partial charge in [0.1, 0.15) is 12.4 Å². The number of benzene rings is 2. The number of hydrogen-bond donors (Lipinski definition) is 2. The number of amides is 2. The minimum Gasteiger partial charge on any atom is -0.489 e. The van der Waals surface area contributed by atoms with Gasteiger partial charge in [-0.05, 0) is 44.2 Å². The van der Waals surface area contributed by atoms with Gasteiger partial charge < -0.3 is 20.3 Å². The van der Waals surface area contributed by atoms with E-state index in [4.69, 9.17) is 4.74 Å². The Balaban J connectivity index is 1.94. The summed E-state index contributed by atoms with van der Waals surface area (Å²) in [5.74, 6) is 0.452. The number of carbonyl (C=O) groups excluding carboxylic acids is 2. The Kier molecular flexibility index (Phi) is 8.09. The summed E-state index contributed by atoms with van der Waals surface area (Å²) in [5.41, 5.74) is 1.93. The maximum absolute atomic E-state index is 12.4. The van der Waals surface area contributed by atoms with Gasteiger partial charge in [0, 0.05) is 36.1 Å². The van der Waals surface area contributed by atoms with Crippen molar-refractivity contribution in [1.82, 2.24) is 4.90 Å². The fourth-order valence-corrected chi connectivity index (χ4v) is 2.66. The molecule has 2 aromatic carbocycles. The zero-order valence-corrected chi connectivity index (χ0v) is 16.4. The standard InChI is InChI=1S/C22H27N3O3/c1-4-13-28-20-12-8-10-18(15-20)23-16-21(26)24-19-11-7-9-17(14-19)22(27)25(5-2)6-3/h4,7-12,14-15,23H,1,5-6,13,16H2,2-3H3,(H,24,26). The van der Waals surface area contributed by atoms with Crippen LogP contribution in [-0.2, 0) is 4.79 Å². The SMILES string of the molecule is C=CCOc1cccc(NCC(=O)Nc2cccc(C(=O)N(CC)CC)c2)c1. The molecule has 6 nitrogen and oxygen atoms in total. The van der Waals surface area contributed by atoms with Gasteiger partial charge in [0.2, 0.25) is 5.91 Å². The average Bonchev–Trinajstić information content (AvgIpc) is 2.72. The Bertz CT molecular complexity index is 816. The topological polar surface area (TPSA) is 70.7 Å². The minimum atomic E-state index is -0.204. The molecular weight excluding hydrogens is 354 g/mol. The first-order chi connectivity index (χ1) is 13.6. The summed E-state index contributed by atoms with van der Waals surface area (Å²) < 4.78 is 5.48. The Morgan fingerprint density at radius 2 is 1.79 bits per heavy atom. The smallest absolute Gasteiger partial charge is 0.253 e. The van der Waals surface area contributed by atoms with Crippen LogP contribution in [0.3, 0.4) is 0 Å². The van der Waals surface area contributed by atoms with Gasteiger partial charge in [-0.1, -0.05) is 24.8 Å². The molecule has 0 fully saturated rings. The van der Waals surface area contributed by atoms with Gasteiger partial charge in [-0.15, -0.1) is 0 Å². The lowest BCUT2D eigenvalue weighted by atomic mass is 10.1. The number of carbonyl (C=O) groups is 2. The molecule has 28 heavy (non-hydrogen) atoms. The quantitative estimate of drug-likeness (QED) is 0.615. The summed E-state index contributed by atoms with van der Waals surface area (Å²) in [6.45, 7) is 9.31. The largest absolute Gasteiger partial charge is 0.489 e. The maximum atomic E-state index is 12.4. The number of anilines is 2. The highest BCUT2D eigenvalue weighted by molar-refractivity contribution is 5.98. The molecule has 0 unspecified atom stereocenters. The molecule has 0 bridgehead atoms. The summed E-state index contributed by atoms with van der Waals surface area (Å²) in [4.78, 5) is 26.4. The van der Waals surface area contributed by atoms with Gasteiger partial charge in [0.05, 0.1) is 6.54 Å². The molecule has 0 aliphatic heterocycles. The molecular formula is C22H27N3O3. The van der Waals surface area contributed by atoms with Gasteiger partial charge in [-0.2, -0.15) is 0 Å². The molecule has 0 aromatic heterocycles.